The maximum Gasteiger partial charge on any atom is 0.143 e. The number of fused-ring (bicyclic) bond motifs is 1. The number of benzene rings is 2. The Balaban J connectivity index is 1.75. The first kappa shape index (κ1) is 16.7. The summed E-state index contributed by atoms with van der Waals surface area (Å²) in [4.78, 5) is 9.97. The largest absolute Gasteiger partial charge is 0.340 e. The fraction of sp³-hybridized carbons (Fsp3) is 0.182. The minimum Gasteiger partial charge on any atom is -0.340 e. The van der Waals surface area contributed by atoms with Crippen molar-refractivity contribution in [2.45, 2.75) is 26.7 Å². The lowest BCUT2D eigenvalue weighted by Crippen LogP contribution is -1.96. The van der Waals surface area contributed by atoms with Gasteiger partial charge in [-0.15, -0.1) is 11.3 Å². The van der Waals surface area contributed by atoms with Gasteiger partial charge in [-0.05, 0) is 36.1 Å². The summed E-state index contributed by atoms with van der Waals surface area (Å²) in [7, 11) is 0. The van der Waals surface area contributed by atoms with Crippen LogP contribution in [0.3, 0.4) is 0 Å². The Morgan fingerprint density at radius 1 is 0.923 bits per heavy atom. The zero-order chi connectivity index (χ0) is 18.1. The fourth-order valence-electron chi connectivity index (χ4n) is 3.00. The summed E-state index contributed by atoms with van der Waals surface area (Å²) < 4.78 is 0. The maximum absolute atomic E-state index is 4.52. The van der Waals surface area contributed by atoms with Crippen LogP contribution in [-0.4, -0.2) is 9.97 Å². The Morgan fingerprint density at radius 3 is 2.35 bits per heavy atom. The first-order valence-electron chi connectivity index (χ1n) is 8.78. The highest BCUT2D eigenvalue weighted by Gasteiger charge is 2.13. The number of nitrogens with one attached hydrogen (secondary N) is 1. The van der Waals surface area contributed by atoms with E-state index in [4.69, 9.17) is 0 Å². The highest BCUT2D eigenvalue weighted by Crippen LogP contribution is 2.37. The van der Waals surface area contributed by atoms with Gasteiger partial charge in [-0.25, -0.2) is 9.97 Å². The zero-order valence-corrected chi connectivity index (χ0v) is 16.0. The quantitative estimate of drug-likeness (QED) is 0.450. The van der Waals surface area contributed by atoms with Crippen LogP contribution in [0, 0.1) is 6.92 Å². The van der Waals surface area contributed by atoms with E-state index < -0.39 is 0 Å². The van der Waals surface area contributed by atoms with E-state index in [0.29, 0.717) is 5.92 Å². The number of thiophene rings is 1. The van der Waals surface area contributed by atoms with Crippen molar-refractivity contribution >= 4 is 33.1 Å². The lowest BCUT2D eigenvalue weighted by Gasteiger charge is -2.10. The third-order valence-electron chi connectivity index (χ3n) is 4.57. The molecular weight excluding hydrogens is 338 g/mol. The minimum absolute atomic E-state index is 0.528. The molecular formula is C22H21N3S. The molecule has 0 aliphatic heterocycles. The standard InChI is InChI=1S/C22H21N3S/c1-14(2)16-8-10-18(11-9-16)25-21-20-19(12-26-22(20)24-13-23-21)17-6-4-15(3)5-7-17/h4-14H,1-3H3,(H,23,24,25). The number of aryl methyl sites for hydroxylation is 1. The fourth-order valence-corrected chi connectivity index (χ4v) is 3.92. The number of hydrogen-bond donors (Lipinski definition) is 1. The second kappa shape index (κ2) is 6.89. The lowest BCUT2D eigenvalue weighted by molar-refractivity contribution is 0.867. The topological polar surface area (TPSA) is 37.8 Å². The van der Waals surface area contributed by atoms with E-state index in [2.05, 4.69) is 90.0 Å². The Labute approximate surface area is 157 Å². The van der Waals surface area contributed by atoms with Gasteiger partial charge in [-0.1, -0.05) is 55.8 Å². The van der Waals surface area contributed by atoms with Crippen LogP contribution in [0.5, 0.6) is 0 Å². The van der Waals surface area contributed by atoms with Crippen molar-refractivity contribution in [2.24, 2.45) is 0 Å². The van der Waals surface area contributed by atoms with Gasteiger partial charge < -0.3 is 5.32 Å². The van der Waals surface area contributed by atoms with Crippen LogP contribution in [-0.2, 0) is 0 Å². The summed E-state index contributed by atoms with van der Waals surface area (Å²) in [6.45, 7) is 6.51. The molecule has 4 aromatic rings. The van der Waals surface area contributed by atoms with Crippen LogP contribution in [0.25, 0.3) is 21.3 Å². The summed E-state index contributed by atoms with van der Waals surface area (Å²) in [5, 5.41) is 6.72. The van der Waals surface area contributed by atoms with E-state index in [-0.39, 0.29) is 0 Å². The Hall–Kier alpha value is -2.72. The molecule has 0 fully saturated rings. The van der Waals surface area contributed by atoms with Gasteiger partial charge in [0.25, 0.3) is 0 Å². The third-order valence-corrected chi connectivity index (χ3v) is 5.46. The Morgan fingerprint density at radius 2 is 1.65 bits per heavy atom. The van der Waals surface area contributed by atoms with Crippen LogP contribution >= 0.6 is 11.3 Å². The van der Waals surface area contributed by atoms with E-state index in [1.165, 1.54) is 22.3 Å². The molecule has 130 valence electrons. The van der Waals surface area contributed by atoms with Crippen molar-refractivity contribution in [1.29, 1.82) is 0 Å². The molecule has 0 spiro atoms. The predicted molar refractivity (Wildman–Crippen MR) is 111 cm³/mol. The van der Waals surface area contributed by atoms with E-state index in [0.717, 1.165) is 21.7 Å². The molecule has 4 rings (SSSR count). The monoisotopic (exact) mass is 359 g/mol. The lowest BCUT2D eigenvalue weighted by atomic mass is 10.0. The van der Waals surface area contributed by atoms with Crippen molar-refractivity contribution in [2.75, 3.05) is 5.32 Å². The summed E-state index contributed by atoms with van der Waals surface area (Å²) in [5.41, 5.74) is 5.99. The molecule has 2 aromatic carbocycles. The zero-order valence-electron chi connectivity index (χ0n) is 15.2. The molecule has 2 aromatic heterocycles. The number of nitrogens with zero attached hydrogens (tertiary/aromatic N) is 2. The first-order valence-corrected chi connectivity index (χ1v) is 9.66. The van der Waals surface area contributed by atoms with Crippen molar-refractivity contribution < 1.29 is 0 Å². The van der Waals surface area contributed by atoms with Gasteiger partial charge >= 0.3 is 0 Å². The second-order valence-electron chi connectivity index (χ2n) is 6.82. The Kier molecular flexibility index (Phi) is 4.43. The van der Waals surface area contributed by atoms with Crippen LogP contribution in [0.2, 0.25) is 0 Å². The molecule has 0 saturated carbocycles. The molecule has 0 saturated heterocycles. The highest BCUT2D eigenvalue weighted by molar-refractivity contribution is 7.17. The summed E-state index contributed by atoms with van der Waals surface area (Å²) in [5.74, 6) is 1.38. The van der Waals surface area contributed by atoms with E-state index in [9.17, 15) is 0 Å². The van der Waals surface area contributed by atoms with Crippen molar-refractivity contribution in [3.8, 4) is 11.1 Å². The van der Waals surface area contributed by atoms with Gasteiger partial charge in [-0.2, -0.15) is 0 Å². The molecule has 4 heteroatoms. The normalized spacial score (nSPS) is 11.2. The molecule has 0 unspecified atom stereocenters. The van der Waals surface area contributed by atoms with Gasteiger partial charge in [0.1, 0.15) is 17.0 Å². The second-order valence-corrected chi connectivity index (χ2v) is 7.68. The molecule has 26 heavy (non-hydrogen) atoms. The van der Waals surface area contributed by atoms with Crippen molar-refractivity contribution in [1.82, 2.24) is 9.97 Å². The van der Waals surface area contributed by atoms with Crippen molar-refractivity contribution in [3.63, 3.8) is 0 Å². The van der Waals surface area contributed by atoms with Gasteiger partial charge in [0.2, 0.25) is 0 Å². The van der Waals surface area contributed by atoms with E-state index in [1.807, 2.05) is 0 Å². The van der Waals surface area contributed by atoms with Crippen LogP contribution in [0.4, 0.5) is 11.5 Å². The predicted octanol–water partition coefficient (Wildman–Crippen LogP) is 6.53. The van der Waals surface area contributed by atoms with Gasteiger partial charge in [0.05, 0.1) is 5.39 Å². The molecule has 0 aliphatic carbocycles. The smallest absolute Gasteiger partial charge is 0.143 e. The molecule has 0 radical (unpaired) electrons. The van der Waals surface area contributed by atoms with Crippen molar-refractivity contribution in [3.05, 3.63) is 71.4 Å². The van der Waals surface area contributed by atoms with Gasteiger partial charge in [-0.3, -0.25) is 0 Å². The molecule has 1 N–H and O–H groups in total. The maximum atomic E-state index is 4.52. The average Bonchev–Trinajstić information content (AvgIpc) is 3.08. The number of aromatic nitrogens is 2. The molecule has 2 heterocycles. The number of anilines is 2. The Bertz CT molecular complexity index is 1030. The van der Waals surface area contributed by atoms with E-state index >= 15 is 0 Å². The summed E-state index contributed by atoms with van der Waals surface area (Å²) >= 11 is 1.65. The molecule has 0 atom stereocenters. The van der Waals surface area contributed by atoms with Gasteiger partial charge in [0.15, 0.2) is 0 Å². The first-order chi connectivity index (χ1) is 12.6. The summed E-state index contributed by atoms with van der Waals surface area (Å²) in [6, 6.07) is 17.2. The van der Waals surface area contributed by atoms with Gasteiger partial charge in [0, 0.05) is 16.6 Å². The molecule has 3 nitrogen and oxygen atoms in total. The average molecular weight is 359 g/mol. The third kappa shape index (κ3) is 3.20. The summed E-state index contributed by atoms with van der Waals surface area (Å²) in [6.07, 6.45) is 1.63. The van der Waals surface area contributed by atoms with Crippen LogP contribution in [0.1, 0.15) is 30.9 Å². The minimum atomic E-state index is 0.528. The molecule has 0 amide bonds. The number of hydrogen-bond acceptors (Lipinski definition) is 4. The SMILES string of the molecule is Cc1ccc(-c2csc3ncnc(Nc4ccc(C(C)C)cc4)c23)cc1. The van der Waals surface area contributed by atoms with Crippen LogP contribution < -0.4 is 5.32 Å². The van der Waals surface area contributed by atoms with E-state index in [1.54, 1.807) is 17.7 Å². The number of rotatable bonds is 4. The van der Waals surface area contributed by atoms with Crippen LogP contribution in [0.15, 0.2) is 60.2 Å². The molecule has 0 bridgehead atoms. The molecule has 0 aliphatic rings. The highest BCUT2D eigenvalue weighted by atomic mass is 32.1.